The van der Waals surface area contributed by atoms with Crippen LogP contribution in [-0.2, 0) is 11.3 Å². The van der Waals surface area contributed by atoms with Gasteiger partial charge in [0.2, 0.25) is 11.8 Å². The topological polar surface area (TPSA) is 63.2 Å². The molecule has 0 aromatic carbocycles. The van der Waals surface area contributed by atoms with E-state index in [0.717, 1.165) is 19.4 Å². The molecule has 1 fully saturated rings. The minimum absolute atomic E-state index is 0. The Balaban J connectivity index is 0.00000264. The summed E-state index contributed by atoms with van der Waals surface area (Å²) in [6.45, 7) is -0.403. The Kier molecular flexibility index (Phi) is 10.0. The highest BCUT2D eigenvalue weighted by Gasteiger charge is 2.29. The Hall–Kier alpha value is -1.25. The zero-order chi connectivity index (χ0) is 16.0. The number of carbonyl (C=O) groups excluding carboxylic acids is 1. The Labute approximate surface area is 150 Å². The van der Waals surface area contributed by atoms with Gasteiger partial charge in [0.05, 0.1) is 0 Å². The molecule has 2 heterocycles. The lowest BCUT2D eigenvalue weighted by Crippen LogP contribution is -2.31. The van der Waals surface area contributed by atoms with Gasteiger partial charge in [-0.15, -0.1) is 24.8 Å². The number of hydrogen-bond donors (Lipinski definition) is 2. The van der Waals surface area contributed by atoms with E-state index in [1.54, 1.807) is 12.1 Å². The molecule has 1 aromatic heterocycles. The predicted octanol–water partition coefficient (Wildman–Crippen LogP) is 2.62. The predicted molar refractivity (Wildman–Crippen MR) is 87.8 cm³/mol. The average molecular weight is 390 g/mol. The number of nitrogens with one attached hydrogen (secondary N) is 2. The fourth-order valence-corrected chi connectivity index (χ4v) is 2.26. The van der Waals surface area contributed by atoms with Gasteiger partial charge in [0, 0.05) is 30.8 Å². The number of nitrogens with zero attached hydrogens (tertiary/aromatic N) is 1. The second-order valence-corrected chi connectivity index (χ2v) is 5.15. The Morgan fingerprint density at radius 3 is 2.79 bits per heavy atom. The zero-order valence-corrected chi connectivity index (χ0v) is 14.4. The number of alkyl halides is 3. The zero-order valence-electron chi connectivity index (χ0n) is 12.8. The number of carbonyl (C=O) groups is 1. The quantitative estimate of drug-likeness (QED) is 0.784. The van der Waals surface area contributed by atoms with Crippen LogP contribution in [0.15, 0.2) is 18.3 Å². The lowest BCUT2D eigenvalue weighted by molar-refractivity contribution is -0.154. The van der Waals surface area contributed by atoms with E-state index in [1.165, 1.54) is 6.20 Å². The number of aromatic nitrogens is 1. The van der Waals surface area contributed by atoms with Crippen molar-refractivity contribution < 1.29 is 22.7 Å². The highest BCUT2D eigenvalue weighted by atomic mass is 35.5. The molecule has 1 saturated heterocycles. The van der Waals surface area contributed by atoms with Crippen molar-refractivity contribution in [3.05, 3.63) is 23.9 Å². The van der Waals surface area contributed by atoms with Crippen molar-refractivity contribution in [2.75, 3.05) is 13.2 Å². The van der Waals surface area contributed by atoms with Crippen molar-refractivity contribution in [2.45, 2.75) is 38.0 Å². The summed E-state index contributed by atoms with van der Waals surface area (Å²) in [5.41, 5.74) is 0.416. The molecule has 1 aromatic rings. The first-order valence-corrected chi connectivity index (χ1v) is 7.07. The summed E-state index contributed by atoms with van der Waals surface area (Å²) in [7, 11) is 0. The van der Waals surface area contributed by atoms with Gasteiger partial charge in [-0.2, -0.15) is 13.2 Å². The molecule has 1 atom stereocenters. The Morgan fingerprint density at radius 1 is 1.42 bits per heavy atom. The first kappa shape index (κ1) is 22.8. The van der Waals surface area contributed by atoms with Crippen LogP contribution in [0.25, 0.3) is 0 Å². The number of hydrogen-bond acceptors (Lipinski definition) is 4. The fraction of sp³-hybridized carbons (Fsp3) is 0.571. The number of amides is 1. The van der Waals surface area contributed by atoms with E-state index in [-0.39, 0.29) is 49.2 Å². The molecule has 2 N–H and O–H groups in total. The van der Waals surface area contributed by atoms with E-state index in [0.29, 0.717) is 12.0 Å². The monoisotopic (exact) mass is 389 g/mol. The molecule has 0 bridgehead atoms. The maximum Gasteiger partial charge on any atom is 0.422 e. The van der Waals surface area contributed by atoms with E-state index < -0.39 is 12.8 Å². The fourth-order valence-electron chi connectivity index (χ4n) is 2.26. The van der Waals surface area contributed by atoms with Gasteiger partial charge in [-0.1, -0.05) is 6.07 Å². The third-order valence-electron chi connectivity index (χ3n) is 3.29. The van der Waals surface area contributed by atoms with Crippen molar-refractivity contribution >= 4 is 30.7 Å². The second-order valence-electron chi connectivity index (χ2n) is 5.15. The van der Waals surface area contributed by atoms with Crippen molar-refractivity contribution in [3.8, 4) is 5.88 Å². The number of ether oxygens (including phenoxy) is 1. The summed E-state index contributed by atoms with van der Waals surface area (Å²) in [4.78, 5) is 15.6. The summed E-state index contributed by atoms with van der Waals surface area (Å²) >= 11 is 0. The summed E-state index contributed by atoms with van der Waals surface area (Å²) < 4.78 is 41.2. The van der Waals surface area contributed by atoms with E-state index in [2.05, 4.69) is 20.4 Å². The van der Waals surface area contributed by atoms with Gasteiger partial charge in [0.1, 0.15) is 0 Å². The normalized spacial score (nSPS) is 16.7. The molecule has 0 radical (unpaired) electrons. The molecular weight excluding hydrogens is 370 g/mol. The minimum Gasteiger partial charge on any atom is -0.468 e. The van der Waals surface area contributed by atoms with E-state index in [9.17, 15) is 18.0 Å². The molecule has 1 unspecified atom stereocenters. The molecule has 24 heavy (non-hydrogen) atoms. The molecule has 10 heteroatoms. The average Bonchev–Trinajstić information content (AvgIpc) is 2.96. The summed E-state index contributed by atoms with van der Waals surface area (Å²) in [6, 6.07) is 3.34. The van der Waals surface area contributed by atoms with Crippen LogP contribution in [0.3, 0.4) is 0 Å². The van der Waals surface area contributed by atoms with Gasteiger partial charge in [-0.05, 0) is 25.5 Å². The third kappa shape index (κ3) is 8.03. The molecule has 0 spiro atoms. The first-order valence-electron chi connectivity index (χ1n) is 7.07. The molecule has 1 aliphatic heterocycles. The molecular formula is C14H20Cl2F3N3O2. The van der Waals surface area contributed by atoms with Gasteiger partial charge in [0.15, 0.2) is 6.61 Å². The molecule has 5 nitrogen and oxygen atoms in total. The largest absolute Gasteiger partial charge is 0.468 e. The summed E-state index contributed by atoms with van der Waals surface area (Å²) in [6.07, 6.45) is -0.707. The van der Waals surface area contributed by atoms with Crippen LogP contribution in [0.2, 0.25) is 0 Å². The van der Waals surface area contributed by atoms with Crippen molar-refractivity contribution in [2.24, 2.45) is 0 Å². The van der Waals surface area contributed by atoms with Crippen molar-refractivity contribution in [1.29, 1.82) is 0 Å². The van der Waals surface area contributed by atoms with Gasteiger partial charge in [0.25, 0.3) is 0 Å². The van der Waals surface area contributed by atoms with Crippen LogP contribution < -0.4 is 15.4 Å². The molecule has 2 rings (SSSR count). The van der Waals surface area contributed by atoms with Crippen LogP contribution in [-0.4, -0.2) is 36.3 Å². The lowest BCUT2D eigenvalue weighted by atomic mass is 10.1. The minimum atomic E-state index is -4.42. The number of pyridine rings is 1. The lowest BCUT2D eigenvalue weighted by Gasteiger charge is -2.13. The molecule has 138 valence electrons. The van der Waals surface area contributed by atoms with E-state index >= 15 is 0 Å². The van der Waals surface area contributed by atoms with Crippen LogP contribution in [0, 0.1) is 0 Å². The third-order valence-corrected chi connectivity index (χ3v) is 3.29. The Morgan fingerprint density at radius 2 is 2.17 bits per heavy atom. The molecule has 0 saturated carbocycles. The molecule has 0 aliphatic carbocycles. The van der Waals surface area contributed by atoms with Gasteiger partial charge >= 0.3 is 6.18 Å². The SMILES string of the molecule is Cl.Cl.O=C(CC1CCCN1)NCc1cccnc1OCC(F)(F)F. The highest BCUT2D eigenvalue weighted by Crippen LogP contribution is 2.20. The number of rotatable bonds is 6. The maximum atomic E-state index is 12.2. The van der Waals surface area contributed by atoms with Crippen LogP contribution in [0.4, 0.5) is 13.2 Å². The smallest absolute Gasteiger partial charge is 0.422 e. The highest BCUT2D eigenvalue weighted by molar-refractivity contribution is 5.85. The van der Waals surface area contributed by atoms with Crippen LogP contribution in [0.1, 0.15) is 24.8 Å². The Bertz CT molecular complexity index is 512. The molecule has 1 amide bonds. The maximum absolute atomic E-state index is 12.2. The van der Waals surface area contributed by atoms with Crippen molar-refractivity contribution in [1.82, 2.24) is 15.6 Å². The van der Waals surface area contributed by atoms with Crippen LogP contribution in [0.5, 0.6) is 5.88 Å². The van der Waals surface area contributed by atoms with E-state index in [1.807, 2.05) is 0 Å². The molecule has 1 aliphatic rings. The van der Waals surface area contributed by atoms with Crippen LogP contribution >= 0.6 is 24.8 Å². The standard InChI is InChI=1S/C14H18F3N3O2.2ClH/c15-14(16,17)9-22-13-10(3-1-6-19-13)8-20-12(21)7-11-4-2-5-18-11;;/h1,3,6,11,18H,2,4-5,7-9H2,(H,20,21);2*1H. The van der Waals surface area contributed by atoms with Gasteiger partial charge < -0.3 is 15.4 Å². The van der Waals surface area contributed by atoms with E-state index in [4.69, 9.17) is 0 Å². The summed E-state index contributed by atoms with van der Waals surface area (Å²) in [5.74, 6) is -0.260. The van der Waals surface area contributed by atoms with Crippen molar-refractivity contribution in [3.63, 3.8) is 0 Å². The second kappa shape index (κ2) is 10.6. The van der Waals surface area contributed by atoms with Gasteiger partial charge in [-0.25, -0.2) is 4.98 Å². The summed E-state index contributed by atoms with van der Waals surface area (Å²) in [5, 5.41) is 5.89. The van der Waals surface area contributed by atoms with Gasteiger partial charge in [-0.3, -0.25) is 4.79 Å². The first-order chi connectivity index (χ1) is 10.4. The number of halogens is 5.